The summed E-state index contributed by atoms with van der Waals surface area (Å²) >= 11 is 18.6. The molecule has 0 bridgehead atoms. The Kier molecular flexibility index (Phi) is 25.2. The molecule has 25 nitrogen and oxygen atoms in total. The van der Waals surface area contributed by atoms with Gasteiger partial charge in [0.25, 0.3) is 35.4 Å². The first-order valence-electron chi connectivity index (χ1n) is 47.2. The Hall–Kier alpha value is -10.6. The number of Topliss-reactive ketones (excluding diaryl/α,β-unsaturated/α-hetero) is 2. The number of hydrazine groups is 1. The number of thiophene rings is 3. The fourth-order valence-corrected chi connectivity index (χ4v) is 28.8. The van der Waals surface area contributed by atoms with Gasteiger partial charge in [0, 0.05) is 85.6 Å². The number of hydrogen-bond donors (Lipinski definition) is 7. The smallest absolute Gasteiger partial charge is 0.259 e. The number of anilines is 3. The summed E-state index contributed by atoms with van der Waals surface area (Å²) < 4.78 is 20.7. The molecule has 4 atom stereocenters. The van der Waals surface area contributed by atoms with E-state index in [1.165, 1.54) is 135 Å². The number of fused-ring (bicyclic) bond motifs is 7. The second-order valence-corrected chi connectivity index (χ2v) is 43.7. The van der Waals surface area contributed by atoms with Crippen LogP contribution in [0.2, 0.25) is 5.02 Å². The van der Waals surface area contributed by atoms with Crippen molar-refractivity contribution in [3.63, 3.8) is 0 Å². The van der Waals surface area contributed by atoms with Crippen molar-refractivity contribution < 1.29 is 52.3 Å². The number of piperazine rings is 1. The van der Waals surface area contributed by atoms with Gasteiger partial charge < -0.3 is 56.7 Å². The number of halogens is 2. The summed E-state index contributed by atoms with van der Waals surface area (Å²) in [6.45, 7) is 7.50. The second kappa shape index (κ2) is 37.1. The molecule has 7 aromatic rings. The van der Waals surface area contributed by atoms with Gasteiger partial charge in [0.2, 0.25) is 17.5 Å². The molecule has 14 heterocycles. The number of hydrogen-bond acceptors (Lipinski definition) is 22. The minimum absolute atomic E-state index is 0.00913. The quantitative estimate of drug-likeness (QED) is 0.0205. The Labute approximate surface area is 805 Å². The van der Waals surface area contributed by atoms with Crippen molar-refractivity contribution in [1.82, 2.24) is 46.4 Å². The summed E-state index contributed by atoms with van der Waals surface area (Å²) in [5.41, 5.74) is 11.6. The summed E-state index contributed by atoms with van der Waals surface area (Å²) in [5, 5.41) is 29.1. The summed E-state index contributed by atoms with van der Waals surface area (Å²) in [5.74, 6) is -3.85. The summed E-state index contributed by atoms with van der Waals surface area (Å²) in [6.07, 6.45) is 38.7. The molecule has 6 aliphatic carbocycles. The SMILES string of the molecule is CC1CN2[C@@H](c3ccccc3)[C@@]3(NC(=S)N2C1=O)C(=O)N(Cc1ccccc1)c1ccccc13.CCN1C(=O)C2C(=O)C(=O)C(C(=O)NCc3cccc(Cl)c3F)=CN2CC12CC(OC)C2.CNc1sc(C2=NCC=C2)c2c1C(=O)NC1(CCC1)C2.O=C1NC2(CCC2)Cc2c(C3=NCC=C3)sc(NC3CCCC3)c21.O=C1NC2(CCC2)Cc2c(C3=NCC=C3)sc(SC3CCCC3)c21. The number of nitrogens with one attached hydrogen (secondary N) is 7. The van der Waals surface area contributed by atoms with Gasteiger partial charge in [-0.2, -0.15) is 0 Å². The van der Waals surface area contributed by atoms with E-state index < -0.39 is 52.4 Å². The van der Waals surface area contributed by atoms with Crippen LogP contribution in [0, 0.1) is 11.7 Å². The maximum absolute atomic E-state index is 14.5. The summed E-state index contributed by atoms with van der Waals surface area (Å²) in [4.78, 5) is 140. The van der Waals surface area contributed by atoms with E-state index in [0.29, 0.717) is 50.3 Å². The number of allylic oxidation sites excluding steroid dienone is 3. The first-order chi connectivity index (χ1) is 64.9. The van der Waals surface area contributed by atoms with Gasteiger partial charge in [0.15, 0.2) is 16.7 Å². The van der Waals surface area contributed by atoms with Crippen LogP contribution in [0.5, 0.6) is 0 Å². The van der Waals surface area contributed by atoms with E-state index in [-0.39, 0.29) is 86.0 Å². The minimum Gasteiger partial charge on any atom is -0.381 e. The molecule has 9 fully saturated rings. The number of thioether (sulfide) groups is 1. The molecular formula is C102H109ClFN15O10S5. The van der Waals surface area contributed by atoms with Crippen molar-refractivity contribution in [3.05, 3.63) is 232 Å². The number of likely N-dealkylation sites (N-methyl/N-ethyl adjacent to an activating group) is 1. The van der Waals surface area contributed by atoms with Gasteiger partial charge in [-0.15, -0.1) is 45.8 Å². The number of thiocarbonyl (C=S) groups is 1. The van der Waals surface area contributed by atoms with E-state index in [0.717, 1.165) is 144 Å². The zero-order valence-corrected chi connectivity index (χ0v) is 80.3. The second-order valence-electron chi connectivity index (χ2n) is 38.3. The molecule has 32 heteroatoms. The number of carbonyl (C=O) groups is 9. The predicted molar refractivity (Wildman–Crippen MR) is 527 cm³/mol. The Balaban J connectivity index is 0.000000105. The van der Waals surface area contributed by atoms with E-state index in [2.05, 4.69) is 88.7 Å². The molecule has 2 unspecified atom stereocenters. The minimum atomic E-state index is -1.27. The van der Waals surface area contributed by atoms with E-state index in [1.807, 2.05) is 139 Å². The highest BCUT2D eigenvalue weighted by atomic mass is 35.5. The Bertz CT molecular complexity index is 6060. The lowest BCUT2D eigenvalue weighted by Crippen LogP contribution is -2.75. The van der Waals surface area contributed by atoms with Crippen molar-refractivity contribution in [2.24, 2.45) is 20.9 Å². The molecule has 696 valence electrons. The molecule has 4 aromatic carbocycles. The van der Waals surface area contributed by atoms with Crippen molar-refractivity contribution >= 4 is 160 Å². The lowest BCUT2D eigenvalue weighted by molar-refractivity contribution is -0.173. The molecule has 3 aromatic heterocycles. The predicted octanol–water partition coefficient (Wildman–Crippen LogP) is 15.3. The van der Waals surface area contributed by atoms with Gasteiger partial charge in [0.05, 0.1) is 113 Å². The molecule has 0 radical (unpaired) electrons. The van der Waals surface area contributed by atoms with Crippen LogP contribution in [0.1, 0.15) is 227 Å². The van der Waals surface area contributed by atoms with Gasteiger partial charge >= 0.3 is 0 Å². The molecule has 5 spiro atoms. The topological polar surface area (TPSA) is 300 Å². The summed E-state index contributed by atoms with van der Waals surface area (Å²) in [7, 11) is 3.48. The Morgan fingerprint density at radius 3 is 1.75 bits per heavy atom. The van der Waals surface area contributed by atoms with Crippen molar-refractivity contribution in [1.29, 1.82) is 0 Å². The van der Waals surface area contributed by atoms with Crippen LogP contribution < -0.4 is 42.1 Å². The van der Waals surface area contributed by atoms with E-state index in [9.17, 15) is 47.5 Å². The number of methoxy groups -OCH3 is 1. The third-order valence-electron chi connectivity index (χ3n) is 29.9. The molecule has 7 N–H and O–H groups in total. The normalized spacial score (nSPS) is 25.3. The average Bonchev–Trinajstić information content (AvgIpc) is 1.51. The molecular weight excluding hydrogens is 1810 g/mol. The lowest BCUT2D eigenvalue weighted by Gasteiger charge is -2.59. The van der Waals surface area contributed by atoms with E-state index in [4.69, 9.17) is 28.6 Å². The van der Waals surface area contributed by atoms with E-state index in [1.54, 1.807) is 39.7 Å². The lowest BCUT2D eigenvalue weighted by atomic mass is 9.70. The molecule has 6 saturated carbocycles. The zero-order valence-electron chi connectivity index (χ0n) is 75.5. The third kappa shape index (κ3) is 16.5. The summed E-state index contributed by atoms with van der Waals surface area (Å²) in [6, 6.07) is 31.0. The Morgan fingerprint density at radius 1 is 0.649 bits per heavy atom. The van der Waals surface area contributed by atoms with Crippen LogP contribution in [0.15, 0.2) is 171 Å². The van der Waals surface area contributed by atoms with E-state index >= 15 is 0 Å². The molecule has 17 aliphatic rings. The number of amides is 7. The van der Waals surface area contributed by atoms with Crippen LogP contribution in [0.25, 0.3) is 0 Å². The number of rotatable bonds is 16. The van der Waals surface area contributed by atoms with Crippen molar-refractivity contribution in [2.75, 3.05) is 69.0 Å². The number of nitrogens with zero attached hydrogens (tertiary/aromatic N) is 8. The van der Waals surface area contributed by atoms with Crippen molar-refractivity contribution in [3.8, 4) is 0 Å². The van der Waals surface area contributed by atoms with Crippen LogP contribution in [0.4, 0.5) is 20.1 Å². The maximum atomic E-state index is 14.5. The number of para-hydroxylation sites is 1. The molecule has 7 amide bonds. The number of ether oxygens (including phenoxy) is 1. The molecule has 134 heavy (non-hydrogen) atoms. The highest BCUT2D eigenvalue weighted by Gasteiger charge is 2.65. The average molecular weight is 1920 g/mol. The highest BCUT2D eigenvalue weighted by Crippen LogP contribution is 2.56. The van der Waals surface area contributed by atoms with Gasteiger partial charge in [-0.1, -0.05) is 153 Å². The monoisotopic (exact) mass is 1920 g/mol. The number of ketones is 2. The Morgan fingerprint density at radius 2 is 1.19 bits per heavy atom. The van der Waals surface area contributed by atoms with Crippen LogP contribution in [-0.4, -0.2) is 194 Å². The standard InChI is InChI=1S/C27H24N4O2S.C22H23ClFN3O5.C19H23N3OS.C19H22N2OS2.C15H17N3OS/c1-18-16-30-23(20-12-6-3-7-13-20)27(28-26(34)31(30)24(18)32)21-14-8-9-15-22(21)29(25(27)33)17-19-10-4-2-5-11-19;1-3-27-21(31)17-19(29)18(28)14(10-26(17)11-22(27)7-13(8-22)32-2)20(30)25-9-12-5-4-6-15(23)16(12)24;23-17-15-13(11-19(22-17)8-4-9-19)16(14-7-3-10-20-14)24-18(15)21-12-5-1-2-6-12;22-17-15-13(11-19(21-17)8-4-9-19)16(14-7-3-10-20-14)24-18(15)23-12-5-1-2-6-12;1-16-14-11-9(12(20-14)10-4-2-7-17-10)8-15(5-3-6-15)18-13(11)19/h2-15,18,23H,16-17H2,1H3,(H,28,34);4-6,10,13,17H,3,7-9,11H2,1-2H3,(H,25,30);3,7,12,21H,1-2,4-6,8-11H2,(H,22,23);3,7,12H,1-2,4-6,8-11H2,(H,21,22);2,4,16H,3,5-8H2,1H3,(H,18,19)/t18?,23-,27+;;;;/m0..../s1. The maximum Gasteiger partial charge on any atom is 0.259 e. The van der Waals surface area contributed by atoms with Gasteiger partial charge in [-0.05, 0) is 193 Å². The van der Waals surface area contributed by atoms with Crippen LogP contribution in [0.3, 0.4) is 0 Å². The zero-order chi connectivity index (χ0) is 92.7. The largest absolute Gasteiger partial charge is 0.381 e. The van der Waals surface area contributed by atoms with Gasteiger partial charge in [0.1, 0.15) is 21.4 Å². The fourth-order valence-electron chi connectivity index (χ4n) is 22.7. The molecule has 11 aliphatic heterocycles. The first kappa shape index (κ1) is 91.1. The number of aliphatic imine (C=N–C) groups is 3. The fraction of sp³-hybridized carbons (Fsp3) is 0.441. The number of benzene rings is 4. The first-order valence-corrected chi connectivity index (χ1v) is 51.3. The van der Waals surface area contributed by atoms with Crippen molar-refractivity contribution in [2.45, 2.75) is 230 Å². The third-order valence-corrected chi connectivity index (χ3v) is 35.8. The van der Waals surface area contributed by atoms with Crippen LogP contribution >= 0.6 is 69.6 Å². The van der Waals surface area contributed by atoms with Crippen LogP contribution in [-0.2, 0) is 71.4 Å². The molecule has 3 saturated heterocycles. The highest BCUT2D eigenvalue weighted by molar-refractivity contribution is 8.01. The van der Waals surface area contributed by atoms with Gasteiger partial charge in [-0.3, -0.25) is 58.1 Å². The van der Waals surface area contributed by atoms with Gasteiger partial charge in [-0.25, -0.2) is 14.4 Å². The number of carbonyl (C=O) groups excluding carboxylic acids is 9. The molecule has 24 rings (SSSR count).